The molecule has 0 bridgehead atoms. The number of allylic oxidation sites excluding steroid dienone is 1. The summed E-state index contributed by atoms with van der Waals surface area (Å²) in [4.78, 5) is 11.9. The lowest BCUT2D eigenvalue weighted by molar-refractivity contribution is 0.0695. The van der Waals surface area contributed by atoms with Gasteiger partial charge in [-0.2, -0.15) is 0 Å². The van der Waals surface area contributed by atoms with Crippen molar-refractivity contribution in [3.63, 3.8) is 0 Å². The van der Waals surface area contributed by atoms with E-state index in [1.807, 2.05) is 25.1 Å². The van der Waals surface area contributed by atoms with Gasteiger partial charge >= 0.3 is 5.97 Å². The molecule has 0 aromatic heterocycles. The van der Waals surface area contributed by atoms with Crippen molar-refractivity contribution in [2.24, 2.45) is 11.3 Å². The second-order valence-corrected chi connectivity index (χ2v) is 8.18. The van der Waals surface area contributed by atoms with Crippen LogP contribution in [0.3, 0.4) is 0 Å². The van der Waals surface area contributed by atoms with Crippen molar-refractivity contribution in [2.45, 2.75) is 46.5 Å². The van der Waals surface area contributed by atoms with E-state index in [0.717, 1.165) is 17.5 Å². The quantitative estimate of drug-likeness (QED) is 0.745. The molecule has 0 aliphatic heterocycles. The predicted octanol–water partition coefficient (Wildman–Crippen LogP) is 5.94. The Hall–Kier alpha value is -2.35. The van der Waals surface area contributed by atoms with Crippen molar-refractivity contribution in [1.82, 2.24) is 0 Å². The Bertz CT molecular complexity index is 876. The first-order valence-electron chi connectivity index (χ1n) is 9.33. The summed E-state index contributed by atoms with van der Waals surface area (Å²) in [6.07, 6.45) is 4.93. The Morgan fingerprint density at radius 3 is 2.38 bits per heavy atom. The molecular formula is C24H28O2. The topological polar surface area (TPSA) is 37.3 Å². The zero-order valence-electron chi connectivity index (χ0n) is 16.3. The van der Waals surface area contributed by atoms with Crippen LogP contribution in [0.1, 0.15) is 67.2 Å². The SMILES string of the molecule is CC=Cc1c(C(=O)O)cccc1C1(C)c2ccccc2CC(C)C1(C)C. The van der Waals surface area contributed by atoms with Crippen LogP contribution in [-0.4, -0.2) is 11.1 Å². The number of aromatic carboxylic acids is 1. The van der Waals surface area contributed by atoms with Gasteiger partial charge in [-0.3, -0.25) is 0 Å². The van der Waals surface area contributed by atoms with Crippen molar-refractivity contribution in [3.8, 4) is 0 Å². The molecule has 0 saturated carbocycles. The van der Waals surface area contributed by atoms with Crippen LogP contribution in [0.15, 0.2) is 48.5 Å². The van der Waals surface area contributed by atoms with Crippen molar-refractivity contribution < 1.29 is 9.90 Å². The average Bonchev–Trinajstić information content (AvgIpc) is 2.60. The van der Waals surface area contributed by atoms with Crippen LogP contribution in [0, 0.1) is 11.3 Å². The molecule has 136 valence electrons. The lowest BCUT2D eigenvalue weighted by Crippen LogP contribution is -2.49. The molecule has 2 aromatic carbocycles. The van der Waals surface area contributed by atoms with Gasteiger partial charge in [0.05, 0.1) is 5.56 Å². The van der Waals surface area contributed by atoms with Crippen LogP contribution in [0.4, 0.5) is 0 Å². The number of benzene rings is 2. The van der Waals surface area contributed by atoms with E-state index >= 15 is 0 Å². The Morgan fingerprint density at radius 2 is 1.73 bits per heavy atom. The molecule has 0 heterocycles. The summed E-state index contributed by atoms with van der Waals surface area (Å²) in [5, 5.41) is 9.74. The highest BCUT2D eigenvalue weighted by atomic mass is 16.4. The maximum Gasteiger partial charge on any atom is 0.336 e. The third kappa shape index (κ3) is 2.51. The molecule has 0 amide bonds. The fourth-order valence-electron chi connectivity index (χ4n) is 4.64. The van der Waals surface area contributed by atoms with E-state index in [1.165, 1.54) is 11.1 Å². The maximum absolute atomic E-state index is 11.9. The summed E-state index contributed by atoms with van der Waals surface area (Å²) in [5.41, 5.74) is 4.68. The van der Waals surface area contributed by atoms with Crippen LogP contribution in [0.25, 0.3) is 6.08 Å². The first-order valence-corrected chi connectivity index (χ1v) is 9.33. The van der Waals surface area contributed by atoms with E-state index < -0.39 is 5.97 Å². The molecule has 0 spiro atoms. The largest absolute Gasteiger partial charge is 0.478 e. The molecule has 2 aromatic rings. The molecule has 2 nitrogen and oxygen atoms in total. The van der Waals surface area contributed by atoms with Gasteiger partial charge in [-0.05, 0) is 53.0 Å². The van der Waals surface area contributed by atoms with Gasteiger partial charge in [0, 0.05) is 5.41 Å². The van der Waals surface area contributed by atoms with E-state index in [9.17, 15) is 9.90 Å². The summed E-state index contributed by atoms with van der Waals surface area (Å²) in [5.74, 6) is -0.396. The van der Waals surface area contributed by atoms with E-state index in [2.05, 4.69) is 58.0 Å². The molecule has 2 heteroatoms. The highest BCUT2D eigenvalue weighted by Gasteiger charge is 2.51. The Balaban J connectivity index is 2.41. The molecule has 0 fully saturated rings. The zero-order chi connectivity index (χ0) is 19.1. The Morgan fingerprint density at radius 1 is 1.08 bits per heavy atom. The van der Waals surface area contributed by atoms with Crippen LogP contribution >= 0.6 is 0 Å². The molecule has 0 saturated heterocycles. The van der Waals surface area contributed by atoms with Gasteiger partial charge in [-0.1, -0.05) is 76.2 Å². The number of carboxylic acids is 1. The second kappa shape index (κ2) is 6.42. The number of hydrogen-bond acceptors (Lipinski definition) is 1. The third-order valence-electron chi connectivity index (χ3n) is 6.81. The van der Waals surface area contributed by atoms with Gasteiger partial charge in [-0.25, -0.2) is 4.79 Å². The van der Waals surface area contributed by atoms with Crippen LogP contribution in [-0.2, 0) is 11.8 Å². The maximum atomic E-state index is 11.9. The summed E-state index contributed by atoms with van der Waals surface area (Å²) in [6, 6.07) is 14.3. The third-order valence-corrected chi connectivity index (χ3v) is 6.81. The number of carboxylic acid groups (broad SMARTS) is 1. The normalized spacial score (nSPS) is 24.4. The standard InChI is InChI=1S/C24H28O2/c1-6-10-18-19(22(25)26)12-9-14-21(18)24(5)20-13-8-7-11-17(20)15-16(2)23(24,3)4/h6-14,16H,15H2,1-5H3,(H,25,26). The smallest absolute Gasteiger partial charge is 0.336 e. The number of carbonyl (C=O) groups is 1. The highest BCUT2D eigenvalue weighted by molar-refractivity contribution is 5.93. The Kier molecular flexibility index (Phi) is 4.56. The average molecular weight is 348 g/mol. The molecule has 26 heavy (non-hydrogen) atoms. The summed E-state index contributed by atoms with van der Waals surface area (Å²) < 4.78 is 0. The molecule has 1 aliphatic rings. The Labute approximate surface area is 156 Å². The molecule has 3 rings (SSSR count). The molecule has 2 unspecified atom stereocenters. The van der Waals surface area contributed by atoms with Crippen LogP contribution in [0.5, 0.6) is 0 Å². The first-order chi connectivity index (χ1) is 12.2. The van der Waals surface area contributed by atoms with Crippen molar-refractivity contribution in [2.75, 3.05) is 0 Å². The van der Waals surface area contributed by atoms with Gasteiger partial charge in [0.25, 0.3) is 0 Å². The molecular weight excluding hydrogens is 320 g/mol. The number of fused-ring (bicyclic) bond motifs is 1. The van der Waals surface area contributed by atoms with Gasteiger partial charge in [0.15, 0.2) is 0 Å². The number of rotatable bonds is 3. The predicted molar refractivity (Wildman–Crippen MR) is 108 cm³/mol. The van der Waals surface area contributed by atoms with Crippen molar-refractivity contribution >= 4 is 12.0 Å². The summed E-state index contributed by atoms with van der Waals surface area (Å²) >= 11 is 0. The minimum absolute atomic E-state index is 0.0190. The van der Waals surface area contributed by atoms with Crippen molar-refractivity contribution in [1.29, 1.82) is 0 Å². The van der Waals surface area contributed by atoms with Gasteiger partial charge in [0.2, 0.25) is 0 Å². The highest BCUT2D eigenvalue weighted by Crippen LogP contribution is 2.56. The van der Waals surface area contributed by atoms with Gasteiger partial charge < -0.3 is 5.11 Å². The van der Waals surface area contributed by atoms with Crippen LogP contribution < -0.4 is 0 Å². The number of hydrogen-bond donors (Lipinski definition) is 1. The van der Waals surface area contributed by atoms with E-state index in [4.69, 9.17) is 0 Å². The van der Waals surface area contributed by atoms with E-state index in [1.54, 1.807) is 6.07 Å². The molecule has 2 atom stereocenters. The van der Waals surface area contributed by atoms with Gasteiger partial charge in [-0.15, -0.1) is 0 Å². The van der Waals surface area contributed by atoms with Crippen LogP contribution in [0.2, 0.25) is 0 Å². The minimum atomic E-state index is -0.876. The lowest BCUT2D eigenvalue weighted by atomic mass is 9.50. The molecule has 0 radical (unpaired) electrons. The fourth-order valence-corrected chi connectivity index (χ4v) is 4.64. The lowest BCUT2D eigenvalue weighted by Gasteiger charge is -2.54. The minimum Gasteiger partial charge on any atom is -0.478 e. The molecule has 1 aliphatic carbocycles. The van der Waals surface area contributed by atoms with Gasteiger partial charge in [0.1, 0.15) is 0 Å². The zero-order valence-corrected chi connectivity index (χ0v) is 16.3. The first kappa shape index (κ1) is 18.4. The molecule has 1 N–H and O–H groups in total. The van der Waals surface area contributed by atoms with Crippen molar-refractivity contribution in [3.05, 3.63) is 76.4 Å². The monoisotopic (exact) mass is 348 g/mol. The second-order valence-electron chi connectivity index (χ2n) is 8.18. The summed E-state index contributed by atoms with van der Waals surface area (Å²) in [7, 11) is 0. The van der Waals surface area contributed by atoms with E-state index in [-0.39, 0.29) is 10.8 Å². The fraction of sp³-hybridized carbons (Fsp3) is 0.375. The summed E-state index contributed by atoms with van der Waals surface area (Å²) in [6.45, 7) is 11.2. The van der Waals surface area contributed by atoms with E-state index in [0.29, 0.717) is 11.5 Å².